The van der Waals surface area contributed by atoms with Crippen LogP contribution in [0.3, 0.4) is 0 Å². The molecule has 0 unspecified atom stereocenters. The fourth-order valence-electron chi connectivity index (χ4n) is 4.40. The summed E-state index contributed by atoms with van der Waals surface area (Å²) in [6.45, 7) is 0.306. The highest BCUT2D eigenvalue weighted by atomic mass is 19.4. The van der Waals surface area contributed by atoms with Crippen LogP contribution >= 0.6 is 0 Å². The van der Waals surface area contributed by atoms with E-state index in [-0.39, 0.29) is 0 Å². The Morgan fingerprint density at radius 3 is 1.05 bits per heavy atom. The molecule has 1 heterocycles. The summed E-state index contributed by atoms with van der Waals surface area (Å²) in [7, 11) is 0. The van der Waals surface area contributed by atoms with E-state index in [1.165, 1.54) is 24.3 Å². The number of nitrogens with zero attached hydrogens (tertiary/aromatic N) is 2. The van der Waals surface area contributed by atoms with Crippen LogP contribution in [0.5, 0.6) is 0 Å². The first-order valence-corrected chi connectivity index (χ1v) is 11.4. The molecule has 8 heteroatoms. The molecule has 37 heavy (non-hydrogen) atoms. The summed E-state index contributed by atoms with van der Waals surface area (Å²) in [5.41, 5.74) is 2.21. The van der Waals surface area contributed by atoms with Crippen molar-refractivity contribution in [3.05, 3.63) is 131 Å². The maximum Gasteiger partial charge on any atom is 0.416 e. The van der Waals surface area contributed by atoms with Gasteiger partial charge in [-0.3, -0.25) is 0 Å². The molecule has 0 fully saturated rings. The van der Waals surface area contributed by atoms with Gasteiger partial charge in [0.25, 0.3) is 0 Å². The molecule has 4 aromatic rings. The summed E-state index contributed by atoms with van der Waals surface area (Å²) in [5.74, 6) is 0. The van der Waals surface area contributed by atoms with Crippen LogP contribution in [0.2, 0.25) is 0 Å². The molecule has 1 aliphatic heterocycles. The SMILES string of the molecule is FC(F)(F)c1ccc(C2=C(c3ccc(C(F)(F)F)cc3)N(c3ccccc3)CN2c2ccccc2)cc1. The molecule has 4 aromatic carbocycles. The Kier molecular flexibility index (Phi) is 6.19. The Balaban J connectivity index is 1.74. The molecule has 188 valence electrons. The van der Waals surface area contributed by atoms with E-state index in [4.69, 9.17) is 0 Å². The molecular weight excluding hydrogens is 490 g/mol. The Hall–Kier alpha value is -4.20. The number of anilines is 2. The second kappa shape index (κ2) is 9.35. The van der Waals surface area contributed by atoms with E-state index in [1.54, 1.807) is 0 Å². The van der Waals surface area contributed by atoms with Gasteiger partial charge < -0.3 is 9.80 Å². The number of rotatable bonds is 4. The van der Waals surface area contributed by atoms with Gasteiger partial charge >= 0.3 is 12.4 Å². The van der Waals surface area contributed by atoms with Crippen molar-refractivity contribution >= 4 is 22.8 Å². The summed E-state index contributed by atoms with van der Waals surface area (Å²) in [6.07, 6.45) is -8.98. The van der Waals surface area contributed by atoms with E-state index in [0.29, 0.717) is 29.2 Å². The lowest BCUT2D eigenvalue weighted by atomic mass is 10.0. The van der Waals surface area contributed by atoms with Gasteiger partial charge in [-0.1, -0.05) is 60.7 Å². The Bertz CT molecular complexity index is 1280. The first kappa shape index (κ1) is 24.5. The third kappa shape index (κ3) is 4.91. The number of hydrogen-bond donors (Lipinski definition) is 0. The van der Waals surface area contributed by atoms with Crippen molar-refractivity contribution in [3.63, 3.8) is 0 Å². The summed E-state index contributed by atoms with van der Waals surface area (Å²) < 4.78 is 79.7. The molecule has 0 aromatic heterocycles. The van der Waals surface area contributed by atoms with Gasteiger partial charge in [-0.25, -0.2) is 0 Å². The lowest BCUT2D eigenvalue weighted by Crippen LogP contribution is -2.27. The van der Waals surface area contributed by atoms with Crippen molar-refractivity contribution in [2.24, 2.45) is 0 Å². The topological polar surface area (TPSA) is 6.48 Å². The van der Waals surface area contributed by atoms with Gasteiger partial charge in [-0.05, 0) is 48.5 Å². The minimum absolute atomic E-state index is 0.306. The number of halogens is 6. The van der Waals surface area contributed by atoms with Crippen molar-refractivity contribution in [2.75, 3.05) is 16.5 Å². The summed E-state index contributed by atoms with van der Waals surface area (Å²) >= 11 is 0. The Morgan fingerprint density at radius 2 is 0.757 bits per heavy atom. The van der Waals surface area contributed by atoms with Gasteiger partial charge in [-0.2, -0.15) is 26.3 Å². The molecule has 2 nitrogen and oxygen atoms in total. The predicted molar refractivity (Wildman–Crippen MR) is 132 cm³/mol. The zero-order chi connectivity index (χ0) is 26.2. The summed E-state index contributed by atoms with van der Waals surface area (Å²) in [4.78, 5) is 3.89. The zero-order valence-corrected chi connectivity index (χ0v) is 19.3. The average molecular weight is 510 g/mol. The monoisotopic (exact) mass is 510 g/mol. The minimum atomic E-state index is -4.49. The molecule has 0 spiro atoms. The standard InChI is InChI=1S/C29H20F6N2/c30-28(31,32)22-15-11-20(12-16-22)26-27(21-13-17-23(18-14-21)29(33,34)35)37(25-9-5-2-6-10-25)19-36(26)24-7-3-1-4-8-24/h1-18H,19H2. The van der Waals surface area contributed by atoms with Crippen LogP contribution in [0.4, 0.5) is 37.7 Å². The largest absolute Gasteiger partial charge is 0.416 e. The van der Waals surface area contributed by atoms with Gasteiger partial charge in [0.1, 0.15) is 6.67 Å². The quantitative estimate of drug-likeness (QED) is 0.254. The Morgan fingerprint density at radius 1 is 0.432 bits per heavy atom. The van der Waals surface area contributed by atoms with E-state index in [9.17, 15) is 26.3 Å². The van der Waals surface area contributed by atoms with Gasteiger partial charge in [0, 0.05) is 22.5 Å². The maximum atomic E-state index is 13.3. The number of benzene rings is 4. The normalized spacial score (nSPS) is 14.4. The zero-order valence-electron chi connectivity index (χ0n) is 19.3. The van der Waals surface area contributed by atoms with Crippen molar-refractivity contribution in [3.8, 4) is 0 Å². The minimum Gasteiger partial charge on any atom is -0.321 e. The molecular formula is C29H20F6N2. The predicted octanol–water partition coefficient (Wildman–Crippen LogP) is 8.53. The van der Waals surface area contributed by atoms with E-state index in [0.717, 1.165) is 35.6 Å². The molecule has 0 aliphatic carbocycles. The van der Waals surface area contributed by atoms with Crippen molar-refractivity contribution in [1.82, 2.24) is 0 Å². The average Bonchev–Trinajstić information content (AvgIpc) is 3.29. The van der Waals surface area contributed by atoms with Crippen LogP contribution in [0.25, 0.3) is 11.4 Å². The van der Waals surface area contributed by atoms with Crippen molar-refractivity contribution in [2.45, 2.75) is 12.4 Å². The van der Waals surface area contributed by atoms with Crippen LogP contribution < -0.4 is 9.80 Å². The fourth-order valence-corrected chi connectivity index (χ4v) is 4.40. The first-order valence-electron chi connectivity index (χ1n) is 11.4. The smallest absolute Gasteiger partial charge is 0.321 e. The third-order valence-corrected chi connectivity index (χ3v) is 6.15. The second-order valence-corrected chi connectivity index (χ2v) is 8.52. The second-order valence-electron chi connectivity index (χ2n) is 8.52. The van der Waals surface area contributed by atoms with Gasteiger partial charge in [0.2, 0.25) is 0 Å². The first-order chi connectivity index (χ1) is 17.6. The summed E-state index contributed by atoms with van der Waals surface area (Å²) in [6, 6.07) is 28.3. The fraction of sp³-hybridized carbons (Fsp3) is 0.103. The van der Waals surface area contributed by atoms with Gasteiger partial charge in [-0.15, -0.1) is 0 Å². The molecule has 1 aliphatic rings. The Labute approximate surface area is 209 Å². The van der Waals surface area contributed by atoms with E-state index in [1.807, 2.05) is 70.5 Å². The van der Waals surface area contributed by atoms with Crippen LogP contribution in [0.15, 0.2) is 109 Å². The number of para-hydroxylation sites is 2. The van der Waals surface area contributed by atoms with Crippen molar-refractivity contribution in [1.29, 1.82) is 0 Å². The van der Waals surface area contributed by atoms with Crippen LogP contribution in [-0.4, -0.2) is 6.67 Å². The highest BCUT2D eigenvalue weighted by molar-refractivity contribution is 6.05. The van der Waals surface area contributed by atoms with Crippen LogP contribution in [-0.2, 0) is 12.4 Å². The summed E-state index contributed by atoms with van der Waals surface area (Å²) in [5, 5.41) is 0. The third-order valence-electron chi connectivity index (χ3n) is 6.15. The maximum absolute atomic E-state index is 13.3. The molecule has 0 N–H and O–H groups in total. The molecule has 0 amide bonds. The van der Waals surface area contributed by atoms with Gasteiger partial charge in [0.05, 0.1) is 22.5 Å². The molecule has 5 rings (SSSR count). The van der Waals surface area contributed by atoms with Crippen LogP contribution in [0.1, 0.15) is 22.3 Å². The molecule has 0 saturated carbocycles. The van der Waals surface area contributed by atoms with Crippen molar-refractivity contribution < 1.29 is 26.3 Å². The van der Waals surface area contributed by atoms with Crippen LogP contribution in [0, 0.1) is 0 Å². The van der Waals surface area contributed by atoms with E-state index >= 15 is 0 Å². The number of alkyl halides is 6. The van der Waals surface area contributed by atoms with Gasteiger partial charge in [0.15, 0.2) is 0 Å². The highest BCUT2D eigenvalue weighted by Crippen LogP contribution is 2.44. The van der Waals surface area contributed by atoms with E-state index in [2.05, 4.69) is 0 Å². The molecule has 0 bridgehead atoms. The lowest BCUT2D eigenvalue weighted by molar-refractivity contribution is -0.138. The highest BCUT2D eigenvalue weighted by Gasteiger charge is 2.35. The number of hydrogen-bond acceptors (Lipinski definition) is 2. The van der Waals surface area contributed by atoms with E-state index < -0.39 is 23.5 Å². The molecule has 0 atom stereocenters. The lowest BCUT2D eigenvalue weighted by Gasteiger charge is -2.25. The molecule has 0 radical (unpaired) electrons. The molecule has 0 saturated heterocycles.